The predicted octanol–water partition coefficient (Wildman–Crippen LogP) is -0.773. The van der Waals surface area contributed by atoms with Gasteiger partial charge in [-0.2, -0.15) is 0 Å². The molecule has 2 N–H and O–H groups in total. The van der Waals surface area contributed by atoms with Gasteiger partial charge in [0.2, 0.25) is 5.91 Å². The molecule has 0 radical (unpaired) electrons. The summed E-state index contributed by atoms with van der Waals surface area (Å²) in [4.78, 5) is 20.8. The molecule has 0 aromatic heterocycles. The van der Waals surface area contributed by atoms with Crippen LogP contribution in [0.25, 0.3) is 0 Å². The Hall–Kier alpha value is -1.54. The minimum absolute atomic E-state index is 0.252. The van der Waals surface area contributed by atoms with E-state index >= 15 is 0 Å². The third-order valence-corrected chi connectivity index (χ3v) is 1.01. The predicted molar refractivity (Wildman–Crippen MR) is 44.9 cm³/mol. The Kier molecular flexibility index (Phi) is 6.28. The van der Waals surface area contributed by atoms with E-state index in [9.17, 15) is 9.59 Å². The first kappa shape index (κ1) is 11.5. The summed E-state index contributed by atoms with van der Waals surface area (Å²) in [5.41, 5.74) is 0. The lowest BCUT2D eigenvalue weighted by Gasteiger charge is -2.00. The Morgan fingerprint density at radius 3 is 2.69 bits per heavy atom. The van der Waals surface area contributed by atoms with Gasteiger partial charge in [-0.25, -0.2) is 4.79 Å². The highest BCUT2D eigenvalue weighted by Crippen LogP contribution is 1.75. The van der Waals surface area contributed by atoms with Crippen LogP contribution < -0.4 is 5.32 Å². The number of carbonyl (C=O) groups is 2. The number of hydrogen-bond donors (Lipinski definition) is 2. The van der Waals surface area contributed by atoms with Crippen LogP contribution in [0.15, 0.2) is 0 Å². The SMILES string of the molecule is CC#CCNC(=O)COCC(=O)O. The van der Waals surface area contributed by atoms with E-state index < -0.39 is 12.6 Å². The molecule has 0 aromatic carbocycles. The van der Waals surface area contributed by atoms with Crippen molar-refractivity contribution in [2.45, 2.75) is 6.92 Å². The van der Waals surface area contributed by atoms with Gasteiger partial charge in [0.1, 0.15) is 13.2 Å². The fourth-order valence-electron chi connectivity index (χ4n) is 0.513. The van der Waals surface area contributed by atoms with Crippen LogP contribution >= 0.6 is 0 Å². The maximum Gasteiger partial charge on any atom is 0.329 e. The van der Waals surface area contributed by atoms with E-state index in [0.717, 1.165) is 0 Å². The van der Waals surface area contributed by atoms with Gasteiger partial charge >= 0.3 is 5.97 Å². The first-order valence-electron chi connectivity index (χ1n) is 3.62. The zero-order chi connectivity index (χ0) is 10.1. The number of nitrogens with one attached hydrogen (secondary N) is 1. The molecule has 0 spiro atoms. The summed E-state index contributed by atoms with van der Waals surface area (Å²) in [5, 5.41) is 10.6. The van der Waals surface area contributed by atoms with Crippen molar-refractivity contribution < 1.29 is 19.4 Å². The number of carbonyl (C=O) groups excluding carboxylic acids is 1. The molecule has 5 heteroatoms. The summed E-state index contributed by atoms with van der Waals surface area (Å²) in [6, 6.07) is 0. The van der Waals surface area contributed by atoms with Crippen LogP contribution in [0.1, 0.15) is 6.92 Å². The molecule has 0 fully saturated rings. The van der Waals surface area contributed by atoms with Gasteiger partial charge in [0.05, 0.1) is 6.54 Å². The van der Waals surface area contributed by atoms with E-state index in [4.69, 9.17) is 5.11 Å². The Labute approximate surface area is 76.1 Å². The Balaban J connectivity index is 3.39. The first-order chi connectivity index (χ1) is 6.16. The van der Waals surface area contributed by atoms with Crippen molar-refractivity contribution in [3.63, 3.8) is 0 Å². The average Bonchev–Trinajstić information content (AvgIpc) is 2.04. The van der Waals surface area contributed by atoms with Gasteiger partial charge in [0.15, 0.2) is 0 Å². The largest absolute Gasteiger partial charge is 0.480 e. The minimum Gasteiger partial charge on any atom is -0.480 e. The van der Waals surface area contributed by atoms with Crippen molar-refractivity contribution in [1.82, 2.24) is 5.32 Å². The van der Waals surface area contributed by atoms with Crippen LogP contribution in [0.4, 0.5) is 0 Å². The number of ether oxygens (including phenoxy) is 1. The highest BCUT2D eigenvalue weighted by molar-refractivity contribution is 5.77. The summed E-state index contributed by atoms with van der Waals surface area (Å²) in [6.07, 6.45) is 0. The highest BCUT2D eigenvalue weighted by Gasteiger charge is 2.01. The summed E-state index contributed by atoms with van der Waals surface area (Å²) in [7, 11) is 0. The third kappa shape index (κ3) is 8.37. The molecule has 13 heavy (non-hydrogen) atoms. The number of amides is 1. The molecule has 0 aromatic rings. The molecule has 72 valence electrons. The molecule has 0 aliphatic heterocycles. The maximum absolute atomic E-state index is 10.8. The molecule has 0 bridgehead atoms. The number of rotatable bonds is 5. The molecule has 0 aliphatic rings. The van der Waals surface area contributed by atoms with Gasteiger partial charge in [-0.05, 0) is 6.92 Å². The fraction of sp³-hybridized carbons (Fsp3) is 0.500. The molecule has 0 unspecified atom stereocenters. The number of aliphatic carboxylic acids is 1. The van der Waals surface area contributed by atoms with Crippen LogP contribution in [-0.4, -0.2) is 36.7 Å². The summed E-state index contributed by atoms with van der Waals surface area (Å²) in [6.45, 7) is 1.20. The van der Waals surface area contributed by atoms with E-state index in [1.165, 1.54) is 0 Å². The second kappa shape index (κ2) is 7.13. The summed E-state index contributed by atoms with van der Waals surface area (Å²) >= 11 is 0. The number of carboxylic acid groups (broad SMARTS) is 1. The van der Waals surface area contributed by atoms with Gasteiger partial charge in [0, 0.05) is 0 Å². The summed E-state index contributed by atoms with van der Waals surface area (Å²) < 4.78 is 4.53. The summed E-state index contributed by atoms with van der Waals surface area (Å²) in [5.74, 6) is 3.75. The molecule has 0 aliphatic carbocycles. The van der Waals surface area contributed by atoms with Crippen molar-refractivity contribution in [3.05, 3.63) is 0 Å². The highest BCUT2D eigenvalue weighted by atomic mass is 16.5. The smallest absolute Gasteiger partial charge is 0.329 e. The molecular formula is C8H11NO4. The lowest BCUT2D eigenvalue weighted by molar-refractivity contribution is -0.143. The zero-order valence-electron chi connectivity index (χ0n) is 7.29. The molecule has 1 amide bonds. The minimum atomic E-state index is -1.10. The van der Waals surface area contributed by atoms with Crippen molar-refractivity contribution in [3.8, 4) is 11.8 Å². The Bertz CT molecular complexity index is 238. The van der Waals surface area contributed by atoms with E-state index in [1.807, 2.05) is 0 Å². The van der Waals surface area contributed by atoms with Crippen LogP contribution in [0, 0.1) is 11.8 Å². The van der Waals surface area contributed by atoms with E-state index in [-0.39, 0.29) is 19.1 Å². The van der Waals surface area contributed by atoms with E-state index in [1.54, 1.807) is 6.92 Å². The van der Waals surface area contributed by atoms with Gasteiger partial charge < -0.3 is 15.2 Å². The zero-order valence-corrected chi connectivity index (χ0v) is 7.29. The number of carboxylic acids is 1. The monoisotopic (exact) mass is 185 g/mol. The molecular weight excluding hydrogens is 174 g/mol. The van der Waals surface area contributed by atoms with Crippen molar-refractivity contribution in [1.29, 1.82) is 0 Å². The molecule has 0 atom stereocenters. The molecule has 0 saturated carbocycles. The van der Waals surface area contributed by atoms with Crippen LogP contribution in [-0.2, 0) is 14.3 Å². The average molecular weight is 185 g/mol. The van der Waals surface area contributed by atoms with Gasteiger partial charge in [0.25, 0.3) is 0 Å². The molecule has 0 saturated heterocycles. The van der Waals surface area contributed by atoms with Crippen molar-refractivity contribution in [2.75, 3.05) is 19.8 Å². The van der Waals surface area contributed by atoms with Crippen LogP contribution in [0.2, 0.25) is 0 Å². The lowest BCUT2D eigenvalue weighted by atomic mass is 10.5. The lowest BCUT2D eigenvalue weighted by Crippen LogP contribution is -2.28. The molecule has 0 heterocycles. The molecule has 0 rings (SSSR count). The second-order valence-corrected chi connectivity index (χ2v) is 2.09. The topological polar surface area (TPSA) is 75.6 Å². The normalized spacial score (nSPS) is 8.38. The van der Waals surface area contributed by atoms with Gasteiger partial charge in [-0.15, -0.1) is 5.92 Å². The van der Waals surface area contributed by atoms with Gasteiger partial charge in [-0.1, -0.05) is 5.92 Å². The molecule has 5 nitrogen and oxygen atoms in total. The van der Waals surface area contributed by atoms with Gasteiger partial charge in [-0.3, -0.25) is 4.79 Å². The van der Waals surface area contributed by atoms with Crippen LogP contribution in [0.3, 0.4) is 0 Å². The Morgan fingerprint density at radius 1 is 1.46 bits per heavy atom. The van der Waals surface area contributed by atoms with E-state index in [0.29, 0.717) is 0 Å². The quantitative estimate of drug-likeness (QED) is 0.551. The van der Waals surface area contributed by atoms with Crippen molar-refractivity contribution >= 4 is 11.9 Å². The fourth-order valence-corrected chi connectivity index (χ4v) is 0.513. The first-order valence-corrected chi connectivity index (χ1v) is 3.62. The van der Waals surface area contributed by atoms with Crippen LogP contribution in [0.5, 0.6) is 0 Å². The standard InChI is InChI=1S/C8H11NO4/c1-2-3-4-9-7(10)5-13-6-8(11)12/h4-6H2,1H3,(H,9,10)(H,11,12). The van der Waals surface area contributed by atoms with E-state index in [2.05, 4.69) is 21.9 Å². The maximum atomic E-state index is 10.8. The third-order valence-electron chi connectivity index (χ3n) is 1.01. The Morgan fingerprint density at radius 2 is 2.15 bits per heavy atom. The number of hydrogen-bond acceptors (Lipinski definition) is 3. The van der Waals surface area contributed by atoms with Crippen molar-refractivity contribution in [2.24, 2.45) is 0 Å². The second-order valence-electron chi connectivity index (χ2n) is 2.09.